The van der Waals surface area contributed by atoms with Crippen molar-refractivity contribution in [2.75, 3.05) is 18.0 Å². The van der Waals surface area contributed by atoms with E-state index in [1.54, 1.807) is 0 Å². The summed E-state index contributed by atoms with van der Waals surface area (Å²) in [7, 11) is 0. The van der Waals surface area contributed by atoms with Crippen molar-refractivity contribution >= 4 is 32.9 Å². The number of hydrogen-bond acceptors (Lipinski definition) is 3. The molecule has 1 aliphatic rings. The third-order valence-corrected chi connectivity index (χ3v) is 4.09. The van der Waals surface area contributed by atoms with E-state index in [-0.39, 0.29) is 0 Å². The molecular formula is C14H14BrN5. The first-order valence-corrected chi connectivity index (χ1v) is 7.45. The lowest BCUT2D eigenvalue weighted by Crippen LogP contribution is -2.49. The van der Waals surface area contributed by atoms with Gasteiger partial charge in [0.15, 0.2) is 0 Å². The van der Waals surface area contributed by atoms with E-state index in [2.05, 4.69) is 42.0 Å². The molecule has 1 saturated heterocycles. The molecule has 0 aliphatic carbocycles. The highest BCUT2D eigenvalue weighted by molar-refractivity contribution is 9.10. The summed E-state index contributed by atoms with van der Waals surface area (Å²) in [5.41, 5.74) is 2.13. The molecule has 0 amide bonds. The van der Waals surface area contributed by atoms with Gasteiger partial charge in [-0.3, -0.25) is 4.68 Å². The van der Waals surface area contributed by atoms with Crippen molar-refractivity contribution < 1.29 is 0 Å². The molecule has 1 aromatic carbocycles. The fraction of sp³-hybridized carbons (Fsp3) is 0.286. The molecule has 0 radical (unpaired) electrons. The van der Waals surface area contributed by atoms with E-state index >= 15 is 0 Å². The van der Waals surface area contributed by atoms with Crippen LogP contribution in [-0.2, 0) is 6.54 Å². The first-order valence-electron chi connectivity index (χ1n) is 6.65. The monoisotopic (exact) mass is 331 g/mol. The molecule has 2 aromatic heterocycles. The van der Waals surface area contributed by atoms with Crippen LogP contribution in [0.15, 0.2) is 41.1 Å². The van der Waals surface area contributed by atoms with Crippen molar-refractivity contribution in [3.05, 3.63) is 41.1 Å². The molecule has 20 heavy (non-hydrogen) atoms. The van der Waals surface area contributed by atoms with Gasteiger partial charge in [-0.2, -0.15) is 5.10 Å². The van der Waals surface area contributed by atoms with Crippen molar-refractivity contribution in [1.82, 2.24) is 19.7 Å². The predicted molar refractivity (Wildman–Crippen MR) is 81.7 cm³/mol. The number of benzene rings is 1. The number of imidazole rings is 1. The molecule has 3 heterocycles. The van der Waals surface area contributed by atoms with Crippen molar-refractivity contribution in [2.24, 2.45) is 5.92 Å². The van der Waals surface area contributed by atoms with Gasteiger partial charge in [-0.05, 0) is 28.1 Å². The van der Waals surface area contributed by atoms with Crippen LogP contribution >= 0.6 is 15.9 Å². The molecule has 4 rings (SSSR count). The van der Waals surface area contributed by atoms with Crippen LogP contribution < -0.4 is 4.90 Å². The van der Waals surface area contributed by atoms with Crippen molar-refractivity contribution in [3.63, 3.8) is 0 Å². The van der Waals surface area contributed by atoms with Gasteiger partial charge < -0.3 is 9.88 Å². The number of hydrogen-bond donors (Lipinski definition) is 1. The minimum atomic E-state index is 0.634. The number of fused-ring (bicyclic) bond motifs is 1. The van der Waals surface area contributed by atoms with Gasteiger partial charge in [0.1, 0.15) is 0 Å². The van der Waals surface area contributed by atoms with E-state index in [4.69, 9.17) is 0 Å². The molecule has 0 atom stereocenters. The molecule has 1 aliphatic heterocycles. The molecule has 0 saturated carbocycles. The van der Waals surface area contributed by atoms with Crippen LogP contribution in [0.1, 0.15) is 0 Å². The van der Waals surface area contributed by atoms with Gasteiger partial charge >= 0.3 is 0 Å². The third kappa shape index (κ3) is 2.10. The Hall–Kier alpha value is -1.82. The van der Waals surface area contributed by atoms with Crippen molar-refractivity contribution in [3.8, 4) is 0 Å². The van der Waals surface area contributed by atoms with Crippen LogP contribution in [0.2, 0.25) is 0 Å². The van der Waals surface area contributed by atoms with Crippen LogP contribution in [0.5, 0.6) is 0 Å². The Balaban J connectivity index is 1.43. The van der Waals surface area contributed by atoms with E-state index in [0.717, 1.165) is 41.1 Å². The first-order chi connectivity index (χ1) is 9.78. The van der Waals surface area contributed by atoms with E-state index in [1.807, 2.05) is 35.3 Å². The number of nitrogens with one attached hydrogen (secondary N) is 1. The maximum absolute atomic E-state index is 4.62. The average molecular weight is 332 g/mol. The normalized spacial score (nSPS) is 15.8. The molecule has 1 N–H and O–H groups in total. The van der Waals surface area contributed by atoms with Crippen LogP contribution in [0, 0.1) is 5.92 Å². The molecule has 3 aromatic rings. The maximum Gasteiger partial charge on any atom is 0.203 e. The lowest BCUT2D eigenvalue weighted by atomic mass is 10.0. The zero-order chi connectivity index (χ0) is 13.5. The first kappa shape index (κ1) is 12.0. The summed E-state index contributed by atoms with van der Waals surface area (Å²) in [6.45, 7) is 3.01. The summed E-state index contributed by atoms with van der Waals surface area (Å²) in [6, 6.07) is 8.14. The molecular weight excluding hydrogens is 318 g/mol. The van der Waals surface area contributed by atoms with Gasteiger partial charge in [0, 0.05) is 31.7 Å². The number of aromatic nitrogens is 4. The van der Waals surface area contributed by atoms with Crippen LogP contribution in [0.25, 0.3) is 11.0 Å². The Labute approximate surface area is 124 Å². The topological polar surface area (TPSA) is 49.7 Å². The average Bonchev–Trinajstić information content (AvgIpc) is 2.98. The third-order valence-electron chi connectivity index (χ3n) is 3.68. The lowest BCUT2D eigenvalue weighted by Gasteiger charge is -2.38. The maximum atomic E-state index is 4.62. The van der Waals surface area contributed by atoms with E-state index in [1.165, 1.54) is 0 Å². The summed E-state index contributed by atoms with van der Waals surface area (Å²) in [4.78, 5) is 10.3. The standard InChI is InChI=1S/C14H14BrN5/c15-11-5-16-20(9-11)8-10-6-19(7-10)14-17-12-3-1-2-4-13(12)18-14/h1-5,9-10H,6-8H2,(H,17,18). The number of H-pyrrole nitrogens is 1. The van der Waals surface area contributed by atoms with E-state index in [0.29, 0.717) is 5.92 Å². The number of aromatic amines is 1. The van der Waals surface area contributed by atoms with Gasteiger partial charge in [-0.25, -0.2) is 4.98 Å². The van der Waals surface area contributed by atoms with Gasteiger partial charge in [-0.1, -0.05) is 12.1 Å². The zero-order valence-corrected chi connectivity index (χ0v) is 12.4. The highest BCUT2D eigenvalue weighted by atomic mass is 79.9. The summed E-state index contributed by atoms with van der Waals surface area (Å²) >= 11 is 3.42. The number of anilines is 1. The van der Waals surface area contributed by atoms with Crippen LogP contribution in [0.4, 0.5) is 5.95 Å². The smallest absolute Gasteiger partial charge is 0.203 e. The summed E-state index contributed by atoms with van der Waals surface area (Å²) in [5, 5.41) is 4.30. The molecule has 0 unspecified atom stereocenters. The predicted octanol–water partition coefficient (Wildman–Crippen LogP) is 2.66. The van der Waals surface area contributed by atoms with E-state index < -0.39 is 0 Å². The minimum absolute atomic E-state index is 0.634. The van der Waals surface area contributed by atoms with E-state index in [9.17, 15) is 0 Å². The second-order valence-corrected chi connectivity index (χ2v) is 6.14. The fourth-order valence-electron chi connectivity index (χ4n) is 2.65. The largest absolute Gasteiger partial charge is 0.342 e. The zero-order valence-electron chi connectivity index (χ0n) is 10.8. The van der Waals surface area contributed by atoms with Gasteiger partial charge in [0.05, 0.1) is 21.7 Å². The molecule has 0 bridgehead atoms. The second kappa shape index (κ2) is 4.63. The molecule has 102 valence electrons. The Bertz CT molecular complexity index is 708. The summed E-state index contributed by atoms with van der Waals surface area (Å²) in [5.74, 6) is 1.61. The highest BCUT2D eigenvalue weighted by Crippen LogP contribution is 2.25. The van der Waals surface area contributed by atoms with Gasteiger partial charge in [0.2, 0.25) is 5.95 Å². The van der Waals surface area contributed by atoms with Gasteiger partial charge in [0.25, 0.3) is 0 Å². The Morgan fingerprint density at radius 1 is 1.30 bits per heavy atom. The quantitative estimate of drug-likeness (QED) is 0.802. The number of para-hydroxylation sites is 2. The second-order valence-electron chi connectivity index (χ2n) is 5.23. The fourth-order valence-corrected chi connectivity index (χ4v) is 2.98. The highest BCUT2D eigenvalue weighted by Gasteiger charge is 2.29. The number of rotatable bonds is 3. The molecule has 0 spiro atoms. The Morgan fingerprint density at radius 3 is 2.90 bits per heavy atom. The lowest BCUT2D eigenvalue weighted by molar-refractivity contribution is 0.339. The summed E-state index contributed by atoms with van der Waals surface area (Å²) in [6.07, 6.45) is 3.85. The Morgan fingerprint density at radius 2 is 2.15 bits per heavy atom. The molecule has 5 nitrogen and oxygen atoms in total. The van der Waals surface area contributed by atoms with Gasteiger partial charge in [-0.15, -0.1) is 0 Å². The Kier molecular flexibility index (Phi) is 2.77. The number of halogens is 1. The molecule has 1 fully saturated rings. The minimum Gasteiger partial charge on any atom is -0.342 e. The van der Waals surface area contributed by atoms with Crippen LogP contribution in [-0.4, -0.2) is 32.8 Å². The molecule has 6 heteroatoms. The van der Waals surface area contributed by atoms with Crippen LogP contribution in [0.3, 0.4) is 0 Å². The van der Waals surface area contributed by atoms with Crippen molar-refractivity contribution in [1.29, 1.82) is 0 Å². The summed E-state index contributed by atoms with van der Waals surface area (Å²) < 4.78 is 3.02. The number of nitrogens with zero attached hydrogens (tertiary/aromatic N) is 4. The van der Waals surface area contributed by atoms with Crippen molar-refractivity contribution in [2.45, 2.75) is 6.54 Å². The SMILES string of the molecule is Brc1cnn(CC2CN(c3nc4ccccc4[nH]3)C2)c1.